The van der Waals surface area contributed by atoms with Crippen LogP contribution in [0.1, 0.15) is 17.2 Å². The van der Waals surface area contributed by atoms with Gasteiger partial charge in [0.15, 0.2) is 0 Å². The smallest absolute Gasteiger partial charge is 0.127 e. The van der Waals surface area contributed by atoms with E-state index in [0.717, 1.165) is 20.8 Å². The van der Waals surface area contributed by atoms with E-state index < -0.39 is 0 Å². The van der Waals surface area contributed by atoms with Gasteiger partial charge in [-0.2, -0.15) is 0 Å². The second-order valence-electron chi connectivity index (χ2n) is 3.98. The molecule has 0 saturated carbocycles. The second-order valence-corrected chi connectivity index (χ2v) is 6.27. The van der Waals surface area contributed by atoms with E-state index in [4.69, 9.17) is 9.47 Å². The molecule has 0 radical (unpaired) electrons. The van der Waals surface area contributed by atoms with Crippen LogP contribution >= 0.6 is 27.3 Å². The number of thiophene rings is 1. The minimum Gasteiger partial charge on any atom is -0.496 e. The molecule has 0 saturated heterocycles. The molecule has 19 heavy (non-hydrogen) atoms. The average molecular weight is 342 g/mol. The summed E-state index contributed by atoms with van der Waals surface area (Å²) in [5, 5.41) is 5.45. The van der Waals surface area contributed by atoms with Crippen LogP contribution in [-0.4, -0.2) is 21.3 Å². The van der Waals surface area contributed by atoms with E-state index in [9.17, 15) is 0 Å². The topological polar surface area (TPSA) is 30.5 Å². The lowest BCUT2D eigenvalue weighted by atomic mass is 9.99. The van der Waals surface area contributed by atoms with Crippen molar-refractivity contribution in [3.8, 4) is 11.5 Å². The minimum absolute atomic E-state index is 0.0358. The molecule has 0 aliphatic carbocycles. The van der Waals surface area contributed by atoms with E-state index in [1.807, 2.05) is 25.2 Å². The van der Waals surface area contributed by atoms with Crippen molar-refractivity contribution < 1.29 is 9.47 Å². The molecular weight excluding hydrogens is 326 g/mol. The highest BCUT2D eigenvalue weighted by Crippen LogP contribution is 2.38. The Morgan fingerprint density at radius 3 is 2.26 bits per heavy atom. The third-order valence-corrected chi connectivity index (χ3v) is 4.49. The largest absolute Gasteiger partial charge is 0.496 e. The van der Waals surface area contributed by atoms with E-state index in [2.05, 4.69) is 32.7 Å². The lowest BCUT2D eigenvalue weighted by Crippen LogP contribution is -2.18. The summed E-state index contributed by atoms with van der Waals surface area (Å²) in [5.41, 5.74) is 2.20. The van der Waals surface area contributed by atoms with Crippen molar-refractivity contribution in [2.45, 2.75) is 6.04 Å². The van der Waals surface area contributed by atoms with Gasteiger partial charge in [0, 0.05) is 0 Å². The Kier molecular flexibility index (Phi) is 4.85. The van der Waals surface area contributed by atoms with Gasteiger partial charge in [0.05, 0.1) is 29.6 Å². The van der Waals surface area contributed by atoms with Crippen LogP contribution < -0.4 is 14.8 Å². The average Bonchev–Trinajstić information content (AvgIpc) is 2.86. The number of ether oxygens (including phenoxy) is 2. The Labute approximate surface area is 125 Å². The fraction of sp³-hybridized carbons (Fsp3) is 0.286. The molecule has 0 amide bonds. The van der Waals surface area contributed by atoms with E-state index in [-0.39, 0.29) is 6.04 Å². The minimum atomic E-state index is 0.0358. The van der Waals surface area contributed by atoms with Gasteiger partial charge in [0.25, 0.3) is 0 Å². The summed E-state index contributed by atoms with van der Waals surface area (Å²) >= 11 is 5.17. The van der Waals surface area contributed by atoms with Crippen molar-refractivity contribution in [1.29, 1.82) is 0 Å². The summed E-state index contributed by atoms with van der Waals surface area (Å²) in [6, 6.07) is 7.97. The number of nitrogens with one attached hydrogen (secondary N) is 1. The maximum absolute atomic E-state index is 5.47. The van der Waals surface area contributed by atoms with Crippen molar-refractivity contribution in [3.63, 3.8) is 0 Å². The van der Waals surface area contributed by atoms with E-state index in [1.54, 1.807) is 25.6 Å². The van der Waals surface area contributed by atoms with Crippen molar-refractivity contribution in [2.24, 2.45) is 0 Å². The Balaban J connectivity index is 2.53. The zero-order chi connectivity index (χ0) is 13.8. The number of rotatable bonds is 5. The predicted octanol–water partition coefficient (Wildman–Crippen LogP) is 3.84. The van der Waals surface area contributed by atoms with E-state index in [0.29, 0.717) is 0 Å². The van der Waals surface area contributed by atoms with Gasteiger partial charge in [-0.3, -0.25) is 0 Å². The maximum Gasteiger partial charge on any atom is 0.127 e. The molecular formula is C14H16BrNO2S. The fourth-order valence-corrected chi connectivity index (χ4v) is 3.32. The summed E-state index contributed by atoms with van der Waals surface area (Å²) in [6.45, 7) is 0. The zero-order valence-electron chi connectivity index (χ0n) is 11.1. The maximum atomic E-state index is 5.47. The van der Waals surface area contributed by atoms with Crippen molar-refractivity contribution in [2.75, 3.05) is 21.3 Å². The molecule has 5 heteroatoms. The molecule has 2 aromatic rings. The Morgan fingerprint density at radius 2 is 1.84 bits per heavy atom. The van der Waals surface area contributed by atoms with E-state index in [1.165, 1.54) is 5.56 Å². The molecule has 1 N–H and O–H groups in total. The van der Waals surface area contributed by atoms with Crippen LogP contribution in [0.15, 0.2) is 33.4 Å². The third kappa shape index (κ3) is 2.94. The molecule has 1 unspecified atom stereocenters. The number of hydrogen-bond donors (Lipinski definition) is 1. The molecule has 2 rings (SSSR count). The van der Waals surface area contributed by atoms with E-state index >= 15 is 0 Å². The molecule has 0 spiro atoms. The highest BCUT2D eigenvalue weighted by atomic mass is 79.9. The normalized spacial score (nSPS) is 12.2. The molecule has 3 nitrogen and oxygen atoms in total. The molecule has 0 fully saturated rings. The standard InChI is InChI=1S/C14H16BrNO2S/c1-16-14(9-7-12(15)19-8-9)13-10(17-2)5-4-6-11(13)18-3/h4-8,14,16H,1-3H3. The molecule has 1 atom stereocenters. The first kappa shape index (κ1) is 14.4. The summed E-state index contributed by atoms with van der Waals surface area (Å²) in [6.07, 6.45) is 0. The lowest BCUT2D eigenvalue weighted by molar-refractivity contribution is 0.379. The summed E-state index contributed by atoms with van der Waals surface area (Å²) in [5.74, 6) is 1.64. The first-order chi connectivity index (χ1) is 9.21. The summed E-state index contributed by atoms with van der Waals surface area (Å²) < 4.78 is 12.0. The summed E-state index contributed by atoms with van der Waals surface area (Å²) in [4.78, 5) is 0. The molecule has 1 heterocycles. The van der Waals surface area contributed by atoms with Crippen LogP contribution in [0.3, 0.4) is 0 Å². The SMILES string of the molecule is CNC(c1csc(Br)c1)c1c(OC)cccc1OC. The Morgan fingerprint density at radius 1 is 1.21 bits per heavy atom. The van der Waals surface area contributed by atoms with Crippen LogP contribution in [0.2, 0.25) is 0 Å². The molecule has 0 aliphatic rings. The van der Waals surface area contributed by atoms with Crippen molar-refractivity contribution in [1.82, 2.24) is 5.32 Å². The van der Waals surface area contributed by atoms with Crippen molar-refractivity contribution in [3.05, 3.63) is 44.6 Å². The van der Waals surface area contributed by atoms with Crippen LogP contribution in [0, 0.1) is 0 Å². The third-order valence-electron chi connectivity index (χ3n) is 2.96. The van der Waals surface area contributed by atoms with Crippen LogP contribution in [0.5, 0.6) is 11.5 Å². The highest BCUT2D eigenvalue weighted by Gasteiger charge is 2.22. The van der Waals surface area contributed by atoms with Crippen molar-refractivity contribution >= 4 is 27.3 Å². The summed E-state index contributed by atoms with van der Waals surface area (Å²) in [7, 11) is 5.28. The molecule has 0 aliphatic heterocycles. The molecule has 1 aromatic heterocycles. The highest BCUT2D eigenvalue weighted by molar-refractivity contribution is 9.11. The van der Waals surface area contributed by atoms with Gasteiger partial charge in [-0.25, -0.2) is 0 Å². The predicted molar refractivity (Wildman–Crippen MR) is 82.5 cm³/mol. The Bertz CT molecular complexity index is 534. The first-order valence-electron chi connectivity index (χ1n) is 5.83. The van der Waals surface area contributed by atoms with Crippen LogP contribution in [-0.2, 0) is 0 Å². The van der Waals surface area contributed by atoms with Gasteiger partial charge in [0.2, 0.25) is 0 Å². The number of methoxy groups -OCH3 is 2. The zero-order valence-corrected chi connectivity index (χ0v) is 13.5. The number of halogens is 1. The van der Waals surface area contributed by atoms with Crippen LogP contribution in [0.25, 0.3) is 0 Å². The molecule has 1 aromatic carbocycles. The fourth-order valence-electron chi connectivity index (χ4n) is 2.12. The Hall–Kier alpha value is -1.04. The molecule has 102 valence electrons. The monoisotopic (exact) mass is 341 g/mol. The second kappa shape index (κ2) is 6.41. The first-order valence-corrected chi connectivity index (χ1v) is 7.50. The van der Waals surface area contributed by atoms with Gasteiger partial charge in [0.1, 0.15) is 11.5 Å². The molecule has 0 bridgehead atoms. The number of benzene rings is 1. The van der Waals surface area contributed by atoms with Crippen LogP contribution in [0.4, 0.5) is 0 Å². The van der Waals surface area contributed by atoms with Gasteiger partial charge < -0.3 is 14.8 Å². The van der Waals surface area contributed by atoms with Gasteiger partial charge in [-0.05, 0) is 52.1 Å². The van der Waals surface area contributed by atoms with Gasteiger partial charge in [-0.1, -0.05) is 6.07 Å². The van der Waals surface area contributed by atoms with Gasteiger partial charge >= 0.3 is 0 Å². The van der Waals surface area contributed by atoms with Gasteiger partial charge in [-0.15, -0.1) is 11.3 Å². The number of hydrogen-bond acceptors (Lipinski definition) is 4. The lowest BCUT2D eigenvalue weighted by Gasteiger charge is -2.21. The quantitative estimate of drug-likeness (QED) is 0.896.